The predicted octanol–water partition coefficient (Wildman–Crippen LogP) is 5.51. The normalized spacial score (nSPS) is 16.2. The van der Waals surface area contributed by atoms with Crippen molar-refractivity contribution in [2.45, 2.75) is 58.7 Å². The lowest BCUT2D eigenvalue weighted by atomic mass is 9.96. The van der Waals surface area contributed by atoms with Gasteiger partial charge in [-0.2, -0.15) is 0 Å². The third-order valence-electron chi connectivity index (χ3n) is 4.85. The van der Waals surface area contributed by atoms with E-state index in [1.54, 1.807) is 0 Å². The zero-order valence-electron chi connectivity index (χ0n) is 15.3. The van der Waals surface area contributed by atoms with Gasteiger partial charge in [-0.1, -0.05) is 70.6 Å². The number of hydrogen-bond acceptors (Lipinski definition) is 1. The van der Waals surface area contributed by atoms with Crippen molar-refractivity contribution in [1.82, 2.24) is 4.98 Å². The summed E-state index contributed by atoms with van der Waals surface area (Å²) in [4.78, 5) is 4.72. The average Bonchev–Trinajstić information content (AvgIpc) is 2.98. The molecule has 0 aromatic carbocycles. The van der Waals surface area contributed by atoms with Crippen molar-refractivity contribution in [1.29, 1.82) is 0 Å². The van der Waals surface area contributed by atoms with Crippen molar-refractivity contribution >= 4 is 18.8 Å². The number of nitrogens with zero attached hydrogens (tertiary/aromatic N) is 1. The van der Waals surface area contributed by atoms with Crippen molar-refractivity contribution in [3.63, 3.8) is 0 Å². The summed E-state index contributed by atoms with van der Waals surface area (Å²) in [5.41, 5.74) is 4.39. The maximum atomic E-state index is 4.72. The molecule has 1 heterocycles. The summed E-state index contributed by atoms with van der Waals surface area (Å²) < 4.78 is 0. The minimum absolute atomic E-state index is 0.854. The first-order chi connectivity index (χ1) is 10.8. The Labute approximate surface area is 143 Å². The van der Waals surface area contributed by atoms with Gasteiger partial charge in [-0.15, -0.1) is 0 Å². The smallest absolute Gasteiger partial charge is 0.0799 e. The van der Waals surface area contributed by atoms with E-state index < -0.39 is 8.07 Å². The van der Waals surface area contributed by atoms with Crippen LogP contribution in [0.1, 0.15) is 43.9 Å². The first-order valence-corrected chi connectivity index (χ1v) is 12.3. The second-order valence-corrected chi connectivity index (χ2v) is 12.9. The van der Waals surface area contributed by atoms with Gasteiger partial charge < -0.3 is 0 Å². The van der Waals surface area contributed by atoms with Crippen LogP contribution in [-0.2, 0) is 6.42 Å². The minimum Gasteiger partial charge on any atom is -0.256 e. The molecule has 0 saturated heterocycles. The highest BCUT2D eigenvalue weighted by Gasteiger charge is 2.24. The maximum Gasteiger partial charge on any atom is 0.0799 e. The van der Waals surface area contributed by atoms with Gasteiger partial charge in [0.25, 0.3) is 0 Å². The largest absolute Gasteiger partial charge is 0.256 e. The average molecular weight is 326 g/mol. The Morgan fingerprint density at radius 1 is 1.26 bits per heavy atom. The molecular weight excluding hydrogens is 294 g/mol. The minimum atomic E-state index is -1.38. The van der Waals surface area contributed by atoms with Gasteiger partial charge in [0.15, 0.2) is 0 Å². The van der Waals surface area contributed by atoms with Crippen LogP contribution in [0.5, 0.6) is 0 Å². The van der Waals surface area contributed by atoms with Gasteiger partial charge in [0.05, 0.1) is 13.8 Å². The summed E-state index contributed by atoms with van der Waals surface area (Å²) in [6, 6.07) is 2.29. The van der Waals surface area contributed by atoms with Crippen LogP contribution in [0.2, 0.25) is 19.6 Å². The molecule has 0 atom stereocenters. The van der Waals surface area contributed by atoms with Gasteiger partial charge in [0.2, 0.25) is 0 Å². The molecule has 0 aliphatic heterocycles. The molecule has 1 aromatic heterocycles. The van der Waals surface area contributed by atoms with Crippen molar-refractivity contribution in [3.05, 3.63) is 54.4 Å². The maximum absolute atomic E-state index is 4.72. The van der Waals surface area contributed by atoms with Crippen LogP contribution in [0, 0.1) is 5.92 Å². The van der Waals surface area contributed by atoms with E-state index in [9.17, 15) is 0 Å². The SMILES string of the molecule is C=C(/C=C\C)C(=C)c1cc(CC2CCCC2)c([Si](C)(C)C)cn1. The number of aromatic nitrogens is 1. The van der Waals surface area contributed by atoms with Crippen LogP contribution in [0.3, 0.4) is 0 Å². The lowest BCUT2D eigenvalue weighted by Gasteiger charge is -2.23. The Kier molecular flexibility index (Phi) is 5.80. The van der Waals surface area contributed by atoms with E-state index in [0.29, 0.717) is 0 Å². The van der Waals surface area contributed by atoms with Gasteiger partial charge in [-0.3, -0.25) is 4.98 Å². The first kappa shape index (κ1) is 17.9. The zero-order chi connectivity index (χ0) is 17.0. The number of pyridine rings is 1. The molecular formula is C21H31NSi. The topological polar surface area (TPSA) is 12.9 Å². The summed E-state index contributed by atoms with van der Waals surface area (Å²) in [5.74, 6) is 0.854. The summed E-state index contributed by atoms with van der Waals surface area (Å²) in [5, 5.41) is 1.51. The van der Waals surface area contributed by atoms with Crippen molar-refractivity contribution < 1.29 is 0 Å². The molecule has 2 heteroatoms. The van der Waals surface area contributed by atoms with Crippen molar-refractivity contribution in [2.75, 3.05) is 0 Å². The molecule has 0 spiro atoms. The highest BCUT2D eigenvalue weighted by Crippen LogP contribution is 2.29. The molecule has 0 unspecified atom stereocenters. The van der Waals surface area contributed by atoms with Gasteiger partial charge in [0, 0.05) is 6.20 Å². The second kappa shape index (κ2) is 7.44. The summed E-state index contributed by atoms with van der Waals surface area (Å²) in [6.07, 6.45) is 12.9. The second-order valence-electron chi connectivity index (χ2n) is 7.84. The number of rotatable bonds is 6. The fourth-order valence-corrected chi connectivity index (χ4v) is 5.09. The Balaban J connectivity index is 2.36. The fourth-order valence-electron chi connectivity index (χ4n) is 3.50. The first-order valence-electron chi connectivity index (χ1n) is 8.83. The van der Waals surface area contributed by atoms with Crippen LogP contribution < -0.4 is 5.19 Å². The summed E-state index contributed by atoms with van der Waals surface area (Å²) in [6.45, 7) is 17.6. The van der Waals surface area contributed by atoms with Gasteiger partial charge in [0.1, 0.15) is 0 Å². The van der Waals surface area contributed by atoms with Crippen LogP contribution in [0.25, 0.3) is 5.57 Å². The molecule has 0 radical (unpaired) electrons. The van der Waals surface area contributed by atoms with E-state index in [0.717, 1.165) is 22.8 Å². The lowest BCUT2D eigenvalue weighted by Crippen LogP contribution is -2.41. The van der Waals surface area contributed by atoms with Gasteiger partial charge in [-0.05, 0) is 47.2 Å². The van der Waals surface area contributed by atoms with E-state index in [4.69, 9.17) is 4.98 Å². The molecule has 1 saturated carbocycles. The van der Waals surface area contributed by atoms with Gasteiger partial charge >= 0.3 is 0 Å². The molecule has 1 fully saturated rings. The van der Waals surface area contributed by atoms with Crippen molar-refractivity contribution in [3.8, 4) is 0 Å². The molecule has 1 aliphatic carbocycles. The molecule has 0 amide bonds. The molecule has 2 rings (SSSR count). The monoisotopic (exact) mass is 325 g/mol. The fraction of sp³-hybridized carbons (Fsp3) is 0.476. The quantitative estimate of drug-likeness (QED) is 0.497. The van der Waals surface area contributed by atoms with Crippen molar-refractivity contribution in [2.24, 2.45) is 5.92 Å². The van der Waals surface area contributed by atoms with Gasteiger partial charge in [-0.25, -0.2) is 0 Å². The molecule has 0 N–H and O–H groups in total. The van der Waals surface area contributed by atoms with Crippen LogP contribution in [0.15, 0.2) is 43.1 Å². The molecule has 23 heavy (non-hydrogen) atoms. The Morgan fingerprint density at radius 3 is 2.48 bits per heavy atom. The molecule has 0 bridgehead atoms. The molecule has 1 aliphatic rings. The van der Waals surface area contributed by atoms with Crippen LogP contribution in [0.4, 0.5) is 0 Å². The standard InChI is InChI=1S/C21H31NSi/c1-7-10-16(2)17(3)20-14-19(13-18-11-8-9-12-18)21(15-22-20)23(4,5)6/h7,10,14-15,18H,2-3,8-9,11-13H2,1,4-6H3/b10-7-. The Morgan fingerprint density at radius 2 is 1.91 bits per heavy atom. The number of allylic oxidation sites excluding steroid dienone is 4. The highest BCUT2D eigenvalue weighted by atomic mass is 28.3. The number of hydrogen-bond donors (Lipinski definition) is 0. The third kappa shape index (κ3) is 4.54. The Hall–Kier alpha value is -1.41. The lowest BCUT2D eigenvalue weighted by molar-refractivity contribution is 0.547. The Bertz CT molecular complexity index is 613. The van der Waals surface area contributed by atoms with E-state index in [1.165, 1.54) is 42.9 Å². The van der Waals surface area contributed by atoms with Crippen LogP contribution >= 0.6 is 0 Å². The molecule has 124 valence electrons. The molecule has 1 aromatic rings. The van der Waals surface area contributed by atoms with Crippen LogP contribution in [-0.4, -0.2) is 13.1 Å². The van der Waals surface area contributed by atoms with E-state index in [-0.39, 0.29) is 0 Å². The summed E-state index contributed by atoms with van der Waals surface area (Å²) in [7, 11) is -1.38. The van der Waals surface area contributed by atoms with E-state index in [2.05, 4.69) is 45.1 Å². The predicted molar refractivity (Wildman–Crippen MR) is 106 cm³/mol. The zero-order valence-corrected chi connectivity index (χ0v) is 16.3. The third-order valence-corrected chi connectivity index (χ3v) is 6.91. The molecule has 1 nitrogen and oxygen atoms in total. The van der Waals surface area contributed by atoms with E-state index >= 15 is 0 Å². The highest BCUT2D eigenvalue weighted by molar-refractivity contribution is 6.89. The summed E-state index contributed by atoms with van der Waals surface area (Å²) >= 11 is 0. The van der Waals surface area contributed by atoms with E-state index in [1.807, 2.05) is 19.1 Å².